The monoisotopic (exact) mass is 398 g/mol. The van der Waals surface area contributed by atoms with Gasteiger partial charge in [0.2, 0.25) is 11.8 Å². The minimum atomic E-state index is -0.199. The fourth-order valence-electron chi connectivity index (χ4n) is 5.13. The Labute approximate surface area is 174 Å². The lowest BCUT2D eigenvalue weighted by Gasteiger charge is -2.43. The predicted octanol–water partition coefficient (Wildman–Crippen LogP) is 2.11. The first kappa shape index (κ1) is 20.4. The van der Waals surface area contributed by atoms with E-state index in [0.717, 1.165) is 37.7 Å². The maximum absolute atomic E-state index is 12.1. The van der Waals surface area contributed by atoms with Crippen molar-refractivity contribution in [3.8, 4) is 0 Å². The molecule has 2 N–H and O–H groups in total. The van der Waals surface area contributed by atoms with Crippen LogP contribution in [-0.2, 0) is 9.59 Å². The first-order chi connectivity index (χ1) is 14.0. The minimum Gasteiger partial charge on any atom is -0.372 e. The molecule has 3 atom stereocenters. The van der Waals surface area contributed by atoms with Crippen molar-refractivity contribution in [2.24, 2.45) is 5.92 Å². The summed E-state index contributed by atoms with van der Waals surface area (Å²) in [4.78, 5) is 28.6. The zero-order valence-electron chi connectivity index (χ0n) is 17.7. The zero-order chi connectivity index (χ0) is 20.4. The van der Waals surface area contributed by atoms with Crippen LogP contribution in [0.15, 0.2) is 24.3 Å². The Morgan fingerprint density at radius 1 is 0.966 bits per heavy atom. The topological polar surface area (TPSA) is 64.7 Å². The number of anilines is 1. The van der Waals surface area contributed by atoms with Crippen molar-refractivity contribution in [3.63, 3.8) is 0 Å². The molecule has 0 spiro atoms. The van der Waals surface area contributed by atoms with Gasteiger partial charge in [0.15, 0.2) is 0 Å². The molecule has 1 unspecified atom stereocenters. The molecule has 0 aromatic heterocycles. The van der Waals surface area contributed by atoms with E-state index in [1.54, 1.807) is 0 Å². The fraction of sp³-hybridized carbons (Fsp3) is 0.652. The summed E-state index contributed by atoms with van der Waals surface area (Å²) in [6.07, 6.45) is 3.50. The summed E-state index contributed by atoms with van der Waals surface area (Å²) in [6.45, 7) is 10.3. The van der Waals surface area contributed by atoms with Crippen LogP contribution >= 0.6 is 0 Å². The van der Waals surface area contributed by atoms with Gasteiger partial charge in [0.25, 0.3) is 0 Å². The number of amides is 2. The summed E-state index contributed by atoms with van der Waals surface area (Å²) in [7, 11) is 0. The number of imide groups is 1. The predicted molar refractivity (Wildman–Crippen MR) is 115 cm³/mol. The lowest BCUT2D eigenvalue weighted by Crippen LogP contribution is -2.56. The Bertz CT molecular complexity index is 717. The molecule has 0 bridgehead atoms. The third-order valence-corrected chi connectivity index (χ3v) is 7.00. The zero-order valence-corrected chi connectivity index (χ0v) is 17.7. The largest absolute Gasteiger partial charge is 0.372 e. The molecule has 0 saturated carbocycles. The molecule has 3 heterocycles. The van der Waals surface area contributed by atoms with Crippen LogP contribution in [0.25, 0.3) is 0 Å². The average Bonchev–Trinajstić information content (AvgIpc) is 2.72. The summed E-state index contributed by atoms with van der Waals surface area (Å²) >= 11 is 0. The van der Waals surface area contributed by atoms with E-state index in [-0.39, 0.29) is 17.7 Å². The van der Waals surface area contributed by atoms with Crippen LogP contribution in [0.2, 0.25) is 0 Å². The van der Waals surface area contributed by atoms with Crippen LogP contribution in [0.3, 0.4) is 0 Å². The molecular weight excluding hydrogens is 364 g/mol. The van der Waals surface area contributed by atoms with Gasteiger partial charge in [0.05, 0.1) is 5.92 Å². The van der Waals surface area contributed by atoms with E-state index in [0.29, 0.717) is 24.9 Å². The fourth-order valence-corrected chi connectivity index (χ4v) is 5.13. The van der Waals surface area contributed by atoms with E-state index in [1.165, 1.54) is 25.1 Å². The minimum absolute atomic E-state index is 0.157. The first-order valence-electron chi connectivity index (χ1n) is 11.2. The lowest BCUT2D eigenvalue weighted by atomic mass is 9.90. The van der Waals surface area contributed by atoms with Gasteiger partial charge in [-0.05, 0) is 56.7 Å². The van der Waals surface area contributed by atoms with Crippen LogP contribution in [0, 0.1) is 5.92 Å². The van der Waals surface area contributed by atoms with Crippen LogP contribution in [0.4, 0.5) is 5.69 Å². The Hall–Kier alpha value is -1.92. The first-order valence-corrected chi connectivity index (χ1v) is 11.2. The number of piperazine rings is 1. The Kier molecular flexibility index (Phi) is 6.20. The van der Waals surface area contributed by atoms with Crippen molar-refractivity contribution in [2.75, 3.05) is 37.6 Å². The number of nitrogens with one attached hydrogen (secondary N) is 2. The van der Waals surface area contributed by atoms with Gasteiger partial charge in [-0.15, -0.1) is 0 Å². The average molecular weight is 399 g/mol. The number of rotatable bonds is 4. The summed E-state index contributed by atoms with van der Waals surface area (Å²) in [5.74, 6) is 0.258. The molecule has 1 aromatic carbocycles. The van der Waals surface area contributed by atoms with E-state index < -0.39 is 0 Å². The smallest absolute Gasteiger partial charge is 0.234 e. The van der Waals surface area contributed by atoms with Gasteiger partial charge in [-0.1, -0.05) is 12.1 Å². The number of hydrogen-bond donors (Lipinski definition) is 2. The highest BCUT2D eigenvalue weighted by Gasteiger charge is 2.30. The van der Waals surface area contributed by atoms with Gasteiger partial charge in [-0.25, -0.2) is 0 Å². The maximum atomic E-state index is 12.1. The molecule has 6 heteroatoms. The summed E-state index contributed by atoms with van der Waals surface area (Å²) in [5.41, 5.74) is 2.25. The molecule has 158 valence electrons. The molecule has 29 heavy (non-hydrogen) atoms. The summed E-state index contributed by atoms with van der Waals surface area (Å²) < 4.78 is 0. The lowest BCUT2D eigenvalue weighted by molar-refractivity contribution is -0.134. The molecular formula is C23H34N4O2. The van der Waals surface area contributed by atoms with Crippen molar-refractivity contribution in [1.82, 2.24) is 15.5 Å². The van der Waals surface area contributed by atoms with Gasteiger partial charge in [0.1, 0.15) is 0 Å². The normalized spacial score (nSPS) is 29.7. The maximum Gasteiger partial charge on any atom is 0.234 e. The molecule has 1 aromatic rings. The van der Waals surface area contributed by atoms with Crippen molar-refractivity contribution < 1.29 is 9.59 Å². The van der Waals surface area contributed by atoms with Crippen molar-refractivity contribution in [1.29, 1.82) is 0 Å². The van der Waals surface area contributed by atoms with E-state index in [2.05, 4.69) is 58.5 Å². The van der Waals surface area contributed by atoms with Gasteiger partial charge >= 0.3 is 0 Å². The van der Waals surface area contributed by atoms with Crippen molar-refractivity contribution >= 4 is 17.5 Å². The number of carbonyl (C=O) groups excluding carboxylic acids is 2. The van der Waals surface area contributed by atoms with Gasteiger partial charge < -0.3 is 10.2 Å². The van der Waals surface area contributed by atoms with Gasteiger partial charge in [0, 0.05) is 56.9 Å². The van der Waals surface area contributed by atoms with Crippen molar-refractivity contribution in [2.45, 2.75) is 57.5 Å². The summed E-state index contributed by atoms with van der Waals surface area (Å²) in [6, 6.07) is 9.64. The quantitative estimate of drug-likeness (QED) is 0.761. The molecule has 0 aliphatic carbocycles. The Morgan fingerprint density at radius 3 is 2.24 bits per heavy atom. The van der Waals surface area contributed by atoms with Crippen LogP contribution < -0.4 is 15.5 Å². The highest BCUT2D eigenvalue weighted by molar-refractivity contribution is 6.00. The highest BCUT2D eigenvalue weighted by atomic mass is 16.2. The molecule has 3 saturated heterocycles. The van der Waals surface area contributed by atoms with E-state index in [9.17, 15) is 9.59 Å². The van der Waals surface area contributed by atoms with Gasteiger partial charge in [-0.3, -0.25) is 19.8 Å². The molecule has 3 aliphatic rings. The third-order valence-electron chi connectivity index (χ3n) is 7.00. The Morgan fingerprint density at radius 2 is 1.62 bits per heavy atom. The third kappa shape index (κ3) is 4.64. The highest BCUT2D eigenvalue weighted by Crippen LogP contribution is 2.29. The molecule has 4 rings (SSSR count). The number of benzene rings is 1. The molecule has 3 fully saturated rings. The number of piperidine rings is 2. The van der Waals surface area contributed by atoms with Crippen LogP contribution in [-0.4, -0.2) is 61.5 Å². The summed E-state index contributed by atoms with van der Waals surface area (Å²) in [5, 5.41) is 5.98. The number of nitrogens with zero attached hydrogens (tertiary/aromatic N) is 2. The van der Waals surface area contributed by atoms with Crippen LogP contribution in [0.5, 0.6) is 0 Å². The van der Waals surface area contributed by atoms with E-state index >= 15 is 0 Å². The molecule has 2 amide bonds. The SMILES string of the molecule is C[C@@H]1CNC[C@H](C)N1CC1CCN(c2ccc(C3CCC(=O)NC3=O)cc2)CC1. The molecule has 0 radical (unpaired) electrons. The van der Waals surface area contributed by atoms with E-state index in [1.807, 2.05) is 0 Å². The molecule has 3 aliphatic heterocycles. The van der Waals surface area contributed by atoms with Gasteiger partial charge in [-0.2, -0.15) is 0 Å². The second-order valence-corrected chi connectivity index (χ2v) is 9.08. The van der Waals surface area contributed by atoms with E-state index in [4.69, 9.17) is 0 Å². The van der Waals surface area contributed by atoms with Crippen LogP contribution in [0.1, 0.15) is 51.0 Å². The molecule has 6 nitrogen and oxygen atoms in total. The second-order valence-electron chi connectivity index (χ2n) is 9.08. The number of carbonyl (C=O) groups is 2. The standard InChI is InChI=1S/C23H34N4O2/c1-16-13-24-14-17(2)27(16)15-18-9-11-26(12-10-18)20-5-3-19(4-6-20)21-7-8-22(28)25-23(21)29/h3-6,16-18,21,24H,7-15H2,1-2H3,(H,25,28,29)/t16-,17+,21?. The second kappa shape index (κ2) is 8.84. The van der Waals surface area contributed by atoms with Crippen molar-refractivity contribution in [3.05, 3.63) is 29.8 Å². The number of hydrogen-bond acceptors (Lipinski definition) is 5. The Balaban J connectivity index is 1.31.